The molecule has 0 heterocycles. The van der Waals surface area contributed by atoms with E-state index in [0.29, 0.717) is 32.9 Å². The van der Waals surface area contributed by atoms with Crippen molar-refractivity contribution in [2.24, 2.45) is 17.8 Å². The molecule has 59 heavy (non-hydrogen) atoms. The van der Waals surface area contributed by atoms with Gasteiger partial charge in [0.25, 0.3) is 0 Å². The van der Waals surface area contributed by atoms with Gasteiger partial charge in [-0.3, -0.25) is 19.2 Å². The van der Waals surface area contributed by atoms with Crippen LogP contribution in [0.1, 0.15) is 121 Å². The van der Waals surface area contributed by atoms with Gasteiger partial charge in [0, 0.05) is 41.9 Å². The fraction of sp³-hybridized carbons (Fsp3) is 0.532. The van der Waals surface area contributed by atoms with Crippen molar-refractivity contribution in [2.45, 2.75) is 128 Å². The molecule has 0 spiro atoms. The Kier molecular flexibility index (Phi) is 14.6. The van der Waals surface area contributed by atoms with E-state index in [2.05, 4.69) is 17.4 Å². The Morgan fingerprint density at radius 2 is 1.39 bits per heavy atom. The molecule has 4 unspecified atom stereocenters. The zero-order valence-electron chi connectivity index (χ0n) is 35.3. The third kappa shape index (κ3) is 10.3. The Balaban J connectivity index is 1.42. The maximum atomic E-state index is 14.4. The first-order chi connectivity index (χ1) is 27.8. The van der Waals surface area contributed by atoms with Gasteiger partial charge in [-0.05, 0) is 68.9 Å². The summed E-state index contributed by atoms with van der Waals surface area (Å²) in [5, 5.41) is 2.97. The summed E-state index contributed by atoms with van der Waals surface area (Å²) in [7, 11) is 2.38. The number of fused-ring (bicyclic) bond motifs is 1. The van der Waals surface area contributed by atoms with Gasteiger partial charge in [-0.15, -0.1) is 0 Å². The molecule has 1 N–H and O–H groups in total. The van der Waals surface area contributed by atoms with Gasteiger partial charge < -0.3 is 19.9 Å². The van der Waals surface area contributed by atoms with Crippen LogP contribution in [0, 0.1) is 17.8 Å². The van der Waals surface area contributed by atoms with Crippen molar-refractivity contribution >= 4 is 35.3 Å². The van der Waals surface area contributed by atoms with E-state index in [9.17, 15) is 32.3 Å². The van der Waals surface area contributed by atoms with E-state index in [1.54, 1.807) is 26.8 Å². The summed E-state index contributed by atoms with van der Waals surface area (Å²) in [6, 6.07) is 23.3. The molecule has 3 aromatic carbocycles. The van der Waals surface area contributed by atoms with Crippen molar-refractivity contribution in [1.29, 1.82) is 0 Å². The molecule has 3 aromatic rings. The third-order valence-electron chi connectivity index (χ3n) is 12.7. The fourth-order valence-electron chi connectivity index (χ4n) is 8.51. The molecule has 2 saturated carbocycles. The molecule has 12 heteroatoms. The number of carbonyl (C=O) groups excluding carboxylic acids is 4. The van der Waals surface area contributed by atoms with Gasteiger partial charge >= 0.3 is 18.1 Å². The number of carbonyl (C=O) groups is 4. The molecule has 5 rings (SSSR count). The van der Waals surface area contributed by atoms with Crippen molar-refractivity contribution in [3.63, 3.8) is 0 Å². The van der Waals surface area contributed by atoms with Crippen LogP contribution in [0.5, 0.6) is 0 Å². The molecule has 8 nitrogen and oxygen atoms in total. The highest BCUT2D eigenvalue weighted by molar-refractivity contribution is 6.31. The normalized spacial score (nSPS) is 20.6. The predicted octanol–water partition coefficient (Wildman–Crippen LogP) is 9.82. The molecule has 0 radical (unpaired) electrons. The van der Waals surface area contributed by atoms with Crippen LogP contribution in [0.2, 0.25) is 5.02 Å². The summed E-state index contributed by atoms with van der Waals surface area (Å²) in [4.78, 5) is 55.3. The fourth-order valence-corrected chi connectivity index (χ4v) is 8.78. The first-order valence-corrected chi connectivity index (χ1v) is 21.2. The first kappa shape index (κ1) is 45.7. The zero-order chi connectivity index (χ0) is 43.3. The van der Waals surface area contributed by atoms with Crippen LogP contribution in [-0.4, -0.2) is 71.4 Å². The van der Waals surface area contributed by atoms with Gasteiger partial charge in [0.1, 0.15) is 11.6 Å². The molecule has 3 amide bonds. The summed E-state index contributed by atoms with van der Waals surface area (Å²) in [6.45, 7) is 7.38. The topological polar surface area (TPSA) is 96.0 Å². The molecule has 2 fully saturated rings. The number of alkyl halides is 3. The number of ether oxygens (including phenoxy) is 1. The highest BCUT2D eigenvalue weighted by Crippen LogP contribution is 2.54. The number of esters is 1. The Labute approximate surface area is 352 Å². The maximum Gasteiger partial charge on any atom is 0.471 e. The Hall–Kier alpha value is -4.38. The molecule has 0 aliphatic heterocycles. The first-order valence-electron chi connectivity index (χ1n) is 20.9. The van der Waals surface area contributed by atoms with Crippen LogP contribution in [0.25, 0.3) is 0 Å². The Morgan fingerprint density at radius 3 is 2.00 bits per heavy atom. The van der Waals surface area contributed by atoms with E-state index >= 15 is 0 Å². The lowest BCUT2D eigenvalue weighted by Crippen LogP contribution is -2.62. The maximum absolute atomic E-state index is 14.4. The number of likely N-dealkylation sites (N-methyl/N-ethyl adjacent to an activating group) is 2. The lowest BCUT2D eigenvalue weighted by molar-refractivity contribution is -0.189. The standard InChI is InChI=1S/C47H59ClF3N3O5/c1-30(2)41(52-43(57)45(4,5)54(7)44(58)47(49,50)51)42(56)53(6)31(3)28-40(55)59-46(34-19-13-11-14-20-34,38-22-16-17-23-39(38)48)35-26-24-32(25-27-35)36-21-15-10-8-9-12-18-33-29-37(33)36/h11,13-14,16-17,19-20,22-27,30-31,33,36-37,41H,8-10,12,15,18,21,28-29H2,1-7H3,(H,52,57)/t31-,33?,36?,37?,41+,46?/m1/s1. The number of amides is 3. The number of hydrogen-bond donors (Lipinski definition) is 1. The van der Waals surface area contributed by atoms with Crippen molar-refractivity contribution < 1.29 is 37.1 Å². The van der Waals surface area contributed by atoms with Gasteiger partial charge in [-0.2, -0.15) is 13.2 Å². The van der Waals surface area contributed by atoms with Crippen molar-refractivity contribution in [1.82, 2.24) is 15.1 Å². The van der Waals surface area contributed by atoms with Crippen LogP contribution in [0.4, 0.5) is 13.2 Å². The van der Waals surface area contributed by atoms with Gasteiger partial charge in [-0.1, -0.05) is 137 Å². The molecule has 0 bridgehead atoms. The Bertz CT molecular complexity index is 1940. The van der Waals surface area contributed by atoms with E-state index < -0.39 is 59.0 Å². The molecule has 6 atom stereocenters. The SMILES string of the molecule is CC(C)[C@H](NC(=O)C(C)(C)N(C)C(=O)C(F)(F)F)C(=O)N(C)[C@H](C)CC(=O)OC(c1ccccc1)(c1ccc(C2CCCCCCCC3CC32)cc1)c1ccccc1Cl. The molecular formula is C47H59ClF3N3O5. The summed E-state index contributed by atoms with van der Waals surface area (Å²) >= 11 is 6.97. The van der Waals surface area contributed by atoms with Crippen LogP contribution in [0.15, 0.2) is 78.9 Å². The molecule has 320 valence electrons. The average molecular weight is 838 g/mol. The Morgan fingerprint density at radius 1 is 0.814 bits per heavy atom. The smallest absolute Gasteiger partial charge is 0.444 e. The number of hydrogen-bond acceptors (Lipinski definition) is 5. The average Bonchev–Trinajstić information content (AvgIpc) is 3.98. The molecular weight excluding hydrogens is 779 g/mol. The van der Waals surface area contributed by atoms with E-state index in [1.807, 2.05) is 60.7 Å². The number of halogens is 4. The number of nitrogens with one attached hydrogen (secondary N) is 1. The number of benzene rings is 3. The monoisotopic (exact) mass is 837 g/mol. The van der Waals surface area contributed by atoms with E-state index in [-0.39, 0.29) is 6.42 Å². The van der Waals surface area contributed by atoms with Crippen molar-refractivity contribution in [3.8, 4) is 0 Å². The van der Waals surface area contributed by atoms with Crippen LogP contribution in [-0.2, 0) is 29.5 Å². The third-order valence-corrected chi connectivity index (χ3v) is 13.0. The second kappa shape index (κ2) is 18.9. The second-order valence-corrected chi connectivity index (χ2v) is 17.8. The van der Waals surface area contributed by atoms with Gasteiger partial charge in [0.2, 0.25) is 11.8 Å². The minimum Gasteiger partial charge on any atom is -0.444 e. The summed E-state index contributed by atoms with van der Waals surface area (Å²) in [5.41, 5.74) is -0.137. The lowest BCUT2D eigenvalue weighted by atomic mass is 9.78. The van der Waals surface area contributed by atoms with Gasteiger partial charge in [0.15, 0.2) is 5.60 Å². The lowest BCUT2D eigenvalue weighted by Gasteiger charge is -2.38. The van der Waals surface area contributed by atoms with Gasteiger partial charge in [-0.25, -0.2) is 0 Å². The highest BCUT2D eigenvalue weighted by Gasteiger charge is 2.49. The molecule has 2 aliphatic rings. The summed E-state index contributed by atoms with van der Waals surface area (Å²) < 4.78 is 46.4. The predicted molar refractivity (Wildman–Crippen MR) is 223 cm³/mol. The largest absolute Gasteiger partial charge is 0.471 e. The molecule has 0 saturated heterocycles. The summed E-state index contributed by atoms with van der Waals surface area (Å²) in [5.74, 6) is -2.86. The minimum absolute atomic E-state index is 0.239. The second-order valence-electron chi connectivity index (χ2n) is 17.4. The van der Waals surface area contributed by atoms with Crippen LogP contribution < -0.4 is 5.32 Å². The molecule has 0 aromatic heterocycles. The van der Waals surface area contributed by atoms with E-state index in [0.717, 1.165) is 24.9 Å². The quantitative estimate of drug-likeness (QED) is 0.137. The highest BCUT2D eigenvalue weighted by atomic mass is 35.5. The van der Waals surface area contributed by atoms with Crippen molar-refractivity contribution in [3.05, 3.63) is 106 Å². The van der Waals surface area contributed by atoms with Crippen LogP contribution in [0.3, 0.4) is 0 Å². The van der Waals surface area contributed by atoms with Crippen molar-refractivity contribution in [2.75, 3.05) is 14.1 Å². The van der Waals surface area contributed by atoms with Crippen LogP contribution >= 0.6 is 11.6 Å². The minimum atomic E-state index is -5.19. The number of nitrogens with zero attached hydrogens (tertiary/aromatic N) is 2. The summed E-state index contributed by atoms with van der Waals surface area (Å²) in [6.07, 6.45) is 4.68. The zero-order valence-corrected chi connectivity index (χ0v) is 36.0. The van der Waals surface area contributed by atoms with Gasteiger partial charge in [0.05, 0.1) is 6.42 Å². The molecule has 2 aliphatic carbocycles. The van der Waals surface area contributed by atoms with E-state index in [1.165, 1.54) is 76.3 Å². The number of rotatable bonds is 13. The van der Waals surface area contributed by atoms with E-state index in [4.69, 9.17) is 16.3 Å².